The highest BCUT2D eigenvalue weighted by Crippen LogP contribution is 2.18. The summed E-state index contributed by atoms with van der Waals surface area (Å²) < 4.78 is 28.3. The highest BCUT2D eigenvalue weighted by molar-refractivity contribution is 5.94. The molecule has 0 aromatic heterocycles. The monoisotopic (exact) mass is 336 g/mol. The van der Waals surface area contributed by atoms with E-state index in [4.69, 9.17) is 5.73 Å². The van der Waals surface area contributed by atoms with Crippen LogP contribution in [0.2, 0.25) is 0 Å². The fourth-order valence-corrected chi connectivity index (χ4v) is 2.22. The Labute approximate surface area is 135 Å². The van der Waals surface area contributed by atoms with Gasteiger partial charge in [-0.15, -0.1) is 12.4 Å². The van der Waals surface area contributed by atoms with E-state index < -0.39 is 12.2 Å². The molecule has 126 valence electrons. The van der Waals surface area contributed by atoms with E-state index in [1.165, 1.54) is 24.3 Å². The molecule has 22 heavy (non-hydrogen) atoms. The quantitative estimate of drug-likeness (QED) is 0.803. The van der Waals surface area contributed by atoms with E-state index in [2.05, 4.69) is 23.9 Å². The lowest BCUT2D eigenvalue weighted by atomic mass is 9.90. The second-order valence-corrected chi connectivity index (χ2v) is 5.72. The molecule has 1 atom stereocenters. The van der Waals surface area contributed by atoms with Gasteiger partial charge in [-0.2, -0.15) is 8.78 Å². The molecule has 1 unspecified atom stereocenters. The molecule has 0 bridgehead atoms. The average molecular weight is 337 g/mol. The molecule has 1 amide bonds. The van der Waals surface area contributed by atoms with Crippen LogP contribution in [0.4, 0.5) is 8.78 Å². The first-order valence-corrected chi connectivity index (χ1v) is 6.83. The summed E-state index contributed by atoms with van der Waals surface area (Å²) in [5.74, 6) is 0.123. The molecule has 0 saturated heterocycles. The minimum atomic E-state index is -2.88. The van der Waals surface area contributed by atoms with Gasteiger partial charge in [0.25, 0.3) is 5.91 Å². The predicted molar refractivity (Wildman–Crippen MR) is 84.7 cm³/mol. The van der Waals surface area contributed by atoms with Gasteiger partial charge in [-0.25, -0.2) is 0 Å². The maximum Gasteiger partial charge on any atom is 0.387 e. The highest BCUT2D eigenvalue weighted by Gasteiger charge is 2.26. The Morgan fingerprint density at radius 1 is 1.32 bits per heavy atom. The molecule has 1 rings (SSSR count). The van der Waals surface area contributed by atoms with Crippen molar-refractivity contribution < 1.29 is 18.3 Å². The van der Waals surface area contributed by atoms with Crippen LogP contribution in [0.5, 0.6) is 5.75 Å². The average Bonchev–Trinajstić information content (AvgIpc) is 2.37. The number of nitrogens with one attached hydrogen (secondary N) is 1. The van der Waals surface area contributed by atoms with Gasteiger partial charge in [0.15, 0.2) is 0 Å². The van der Waals surface area contributed by atoms with Crippen molar-refractivity contribution in [2.75, 3.05) is 6.54 Å². The van der Waals surface area contributed by atoms with Crippen LogP contribution in [-0.2, 0) is 0 Å². The van der Waals surface area contributed by atoms with Crippen molar-refractivity contribution in [2.24, 2.45) is 11.7 Å². The number of benzene rings is 1. The Bertz CT molecular complexity index is 469. The minimum absolute atomic E-state index is 0. The van der Waals surface area contributed by atoms with Crippen LogP contribution >= 0.6 is 12.4 Å². The van der Waals surface area contributed by atoms with E-state index in [1.807, 2.05) is 6.92 Å². The summed E-state index contributed by atoms with van der Waals surface area (Å²) in [6, 6.07) is 5.56. The zero-order valence-corrected chi connectivity index (χ0v) is 13.8. The third-order valence-corrected chi connectivity index (χ3v) is 3.07. The molecule has 0 heterocycles. The van der Waals surface area contributed by atoms with Crippen LogP contribution in [0, 0.1) is 5.92 Å². The zero-order valence-electron chi connectivity index (χ0n) is 12.9. The minimum Gasteiger partial charge on any atom is -0.435 e. The third kappa shape index (κ3) is 6.58. The van der Waals surface area contributed by atoms with Crippen molar-refractivity contribution in [1.29, 1.82) is 0 Å². The standard InChI is InChI=1S/C15H22F2N2O2.ClH/c1-10(2)8-15(3,9-18)19-13(20)11-4-6-12(7-5-11)21-14(16)17;/h4-7,10,14H,8-9,18H2,1-3H3,(H,19,20);1H. The van der Waals surface area contributed by atoms with Gasteiger partial charge in [-0.1, -0.05) is 13.8 Å². The SMILES string of the molecule is CC(C)CC(C)(CN)NC(=O)c1ccc(OC(F)F)cc1.Cl. The number of hydrogen-bond acceptors (Lipinski definition) is 3. The number of hydrogen-bond donors (Lipinski definition) is 2. The molecule has 0 radical (unpaired) electrons. The van der Waals surface area contributed by atoms with Crippen LogP contribution in [0.1, 0.15) is 37.6 Å². The van der Waals surface area contributed by atoms with Crippen molar-refractivity contribution in [2.45, 2.75) is 39.3 Å². The maximum absolute atomic E-state index is 12.2. The zero-order chi connectivity index (χ0) is 16.0. The van der Waals surface area contributed by atoms with E-state index in [-0.39, 0.29) is 24.1 Å². The van der Waals surface area contributed by atoms with Crippen LogP contribution < -0.4 is 15.8 Å². The number of rotatable bonds is 7. The smallest absolute Gasteiger partial charge is 0.387 e. The van der Waals surface area contributed by atoms with E-state index in [0.29, 0.717) is 18.0 Å². The van der Waals surface area contributed by atoms with E-state index in [1.54, 1.807) is 0 Å². The number of carbonyl (C=O) groups is 1. The predicted octanol–water partition coefficient (Wildman–Crippen LogP) is 3.20. The number of ether oxygens (including phenoxy) is 1. The van der Waals surface area contributed by atoms with Crippen LogP contribution in [0.25, 0.3) is 0 Å². The Morgan fingerprint density at radius 3 is 2.27 bits per heavy atom. The first kappa shape index (κ1) is 20.6. The molecule has 3 N–H and O–H groups in total. The Hall–Kier alpha value is -1.40. The lowest BCUT2D eigenvalue weighted by Gasteiger charge is -2.31. The second kappa shape index (κ2) is 8.90. The lowest BCUT2D eigenvalue weighted by Crippen LogP contribution is -2.52. The van der Waals surface area contributed by atoms with E-state index in [9.17, 15) is 13.6 Å². The largest absolute Gasteiger partial charge is 0.435 e. The Balaban J connectivity index is 0.00000441. The number of carbonyl (C=O) groups excluding carboxylic acids is 1. The third-order valence-electron chi connectivity index (χ3n) is 3.07. The molecule has 4 nitrogen and oxygen atoms in total. The normalized spacial score (nSPS) is 13.5. The summed E-state index contributed by atoms with van der Waals surface area (Å²) in [5, 5.41) is 2.90. The molecule has 0 aliphatic carbocycles. The summed E-state index contributed by atoms with van der Waals surface area (Å²) >= 11 is 0. The van der Waals surface area contributed by atoms with E-state index >= 15 is 0 Å². The van der Waals surface area contributed by atoms with Crippen LogP contribution in [0.3, 0.4) is 0 Å². The van der Waals surface area contributed by atoms with Gasteiger partial charge in [0.1, 0.15) is 5.75 Å². The molecule has 1 aromatic carbocycles. The van der Waals surface area contributed by atoms with Gasteiger partial charge in [-0.05, 0) is 43.5 Å². The van der Waals surface area contributed by atoms with Gasteiger partial charge in [0.2, 0.25) is 0 Å². The molecule has 1 aromatic rings. The molecular weight excluding hydrogens is 314 g/mol. The summed E-state index contributed by atoms with van der Waals surface area (Å²) in [6.07, 6.45) is 0.752. The first-order valence-electron chi connectivity index (χ1n) is 6.83. The summed E-state index contributed by atoms with van der Waals surface area (Å²) in [7, 11) is 0. The number of alkyl halides is 2. The van der Waals surface area contributed by atoms with E-state index in [0.717, 1.165) is 6.42 Å². The van der Waals surface area contributed by atoms with Crippen molar-refractivity contribution in [3.8, 4) is 5.75 Å². The Morgan fingerprint density at radius 2 is 1.86 bits per heavy atom. The molecule has 0 fully saturated rings. The van der Waals surface area contributed by atoms with Gasteiger partial charge in [-0.3, -0.25) is 4.79 Å². The molecule has 0 spiro atoms. The van der Waals surface area contributed by atoms with Gasteiger partial charge in [0.05, 0.1) is 0 Å². The van der Waals surface area contributed by atoms with Crippen molar-refractivity contribution in [1.82, 2.24) is 5.32 Å². The Kier molecular flexibility index (Phi) is 8.34. The first-order chi connectivity index (χ1) is 9.75. The van der Waals surface area contributed by atoms with Crippen molar-refractivity contribution >= 4 is 18.3 Å². The summed E-state index contributed by atoms with van der Waals surface area (Å²) in [5.41, 5.74) is 5.62. The molecule has 0 aliphatic rings. The number of halogens is 3. The summed E-state index contributed by atoms with van der Waals surface area (Å²) in [4.78, 5) is 12.2. The molecule has 0 aliphatic heterocycles. The van der Waals surface area contributed by atoms with Crippen LogP contribution in [0.15, 0.2) is 24.3 Å². The number of nitrogens with two attached hydrogens (primary N) is 1. The topological polar surface area (TPSA) is 64.3 Å². The van der Waals surface area contributed by atoms with Gasteiger partial charge in [0, 0.05) is 17.6 Å². The molecular formula is C15H23ClF2N2O2. The van der Waals surface area contributed by atoms with Crippen molar-refractivity contribution in [3.63, 3.8) is 0 Å². The molecule has 7 heteroatoms. The lowest BCUT2D eigenvalue weighted by molar-refractivity contribution is -0.0498. The van der Waals surface area contributed by atoms with Crippen LogP contribution in [-0.4, -0.2) is 24.6 Å². The van der Waals surface area contributed by atoms with Gasteiger partial charge >= 0.3 is 6.61 Å². The van der Waals surface area contributed by atoms with Gasteiger partial charge < -0.3 is 15.8 Å². The fraction of sp³-hybridized carbons (Fsp3) is 0.533. The second-order valence-electron chi connectivity index (χ2n) is 5.72. The number of amides is 1. The van der Waals surface area contributed by atoms with Crippen molar-refractivity contribution in [3.05, 3.63) is 29.8 Å². The maximum atomic E-state index is 12.2. The fourth-order valence-electron chi connectivity index (χ4n) is 2.22. The summed E-state index contributed by atoms with van der Waals surface area (Å²) in [6.45, 7) is 3.44. The highest BCUT2D eigenvalue weighted by atomic mass is 35.5. The molecule has 0 saturated carbocycles.